The van der Waals surface area contributed by atoms with Crippen LogP contribution < -0.4 is 5.32 Å². The molecule has 0 spiro atoms. The molecule has 51 heavy (non-hydrogen) atoms. The van der Waals surface area contributed by atoms with E-state index >= 15 is 0 Å². The first-order chi connectivity index (χ1) is 25.3. The third kappa shape index (κ3) is 6.01. The van der Waals surface area contributed by atoms with Crippen LogP contribution in [0, 0.1) is 59.2 Å². The Morgan fingerprint density at radius 3 is 0.941 bits per heavy atom. The molecule has 14 atom stereocenters. The van der Waals surface area contributed by atoms with Gasteiger partial charge >= 0.3 is 0 Å². The summed E-state index contributed by atoms with van der Waals surface area (Å²) in [5.74, 6) is 10.6. The molecule has 1 N–H and O–H groups in total. The normalized spacial score (nSPS) is 54.8. The van der Waals surface area contributed by atoms with Gasteiger partial charge in [0.15, 0.2) is 0 Å². The Labute approximate surface area is 314 Å². The molecule has 11 aliphatic rings. The van der Waals surface area contributed by atoms with Crippen LogP contribution in [0.4, 0.5) is 0 Å². The lowest BCUT2D eigenvalue weighted by Gasteiger charge is -2.47. The van der Waals surface area contributed by atoms with Crippen LogP contribution in [-0.2, 0) is 0 Å². The van der Waals surface area contributed by atoms with Gasteiger partial charge in [-0.1, -0.05) is 51.4 Å². The second-order valence-electron chi connectivity index (χ2n) is 21.9. The molecule has 0 amide bonds. The fourth-order valence-corrected chi connectivity index (χ4v) is 18.3. The topological polar surface area (TPSA) is 18.5 Å². The molecule has 11 fully saturated rings. The molecule has 3 heteroatoms. The quantitative estimate of drug-likeness (QED) is 0.315. The van der Waals surface area contributed by atoms with Crippen LogP contribution in [-0.4, -0.2) is 58.1 Å². The van der Waals surface area contributed by atoms with E-state index in [9.17, 15) is 0 Å². The molecule has 11 rings (SSSR count). The van der Waals surface area contributed by atoms with Gasteiger partial charge in [-0.25, -0.2) is 0 Å². The van der Waals surface area contributed by atoms with Gasteiger partial charge in [-0.2, -0.15) is 0 Å². The molecular formula is C48H79N3. The average molecular weight is 698 g/mol. The van der Waals surface area contributed by atoms with Crippen molar-refractivity contribution in [1.29, 1.82) is 0 Å². The Morgan fingerprint density at radius 1 is 0.275 bits per heavy atom. The molecule has 3 heterocycles. The van der Waals surface area contributed by atoms with E-state index in [1.165, 1.54) is 64.2 Å². The molecule has 8 saturated carbocycles. The number of fused-ring (bicyclic) bond motifs is 9. The van der Waals surface area contributed by atoms with Crippen LogP contribution in [0.25, 0.3) is 0 Å². The molecule has 3 aliphatic heterocycles. The zero-order valence-electron chi connectivity index (χ0n) is 33.0. The summed E-state index contributed by atoms with van der Waals surface area (Å²) in [7, 11) is 0. The van der Waals surface area contributed by atoms with Crippen molar-refractivity contribution in [3.63, 3.8) is 0 Å². The first-order valence-electron chi connectivity index (χ1n) is 24.6. The van der Waals surface area contributed by atoms with E-state index in [1.807, 2.05) is 0 Å². The summed E-state index contributed by atoms with van der Waals surface area (Å²) in [6.45, 7) is 0. The minimum absolute atomic E-state index is 0.875. The summed E-state index contributed by atoms with van der Waals surface area (Å²) in [6.07, 6.45) is 46.5. The van der Waals surface area contributed by atoms with Crippen molar-refractivity contribution < 1.29 is 0 Å². The lowest BCUT2D eigenvalue weighted by Crippen LogP contribution is -2.48. The number of hydrogen-bond donors (Lipinski definition) is 1. The Hall–Kier alpha value is -0.120. The van der Waals surface area contributed by atoms with Gasteiger partial charge in [0, 0.05) is 48.3 Å². The number of nitrogens with one attached hydrogen (secondary N) is 1. The highest BCUT2D eigenvalue weighted by Gasteiger charge is 2.55. The van der Waals surface area contributed by atoms with E-state index in [0.29, 0.717) is 0 Å². The molecule has 3 nitrogen and oxygen atoms in total. The molecule has 0 aromatic carbocycles. The Morgan fingerprint density at radius 2 is 0.588 bits per heavy atom. The molecule has 0 aromatic rings. The van der Waals surface area contributed by atoms with Gasteiger partial charge in [-0.15, -0.1) is 0 Å². The maximum atomic E-state index is 4.32. The second kappa shape index (κ2) is 14.4. The van der Waals surface area contributed by atoms with E-state index < -0.39 is 0 Å². The summed E-state index contributed by atoms with van der Waals surface area (Å²) in [5, 5.41) is 4.32. The molecule has 0 bridgehead atoms. The van der Waals surface area contributed by atoms with Crippen molar-refractivity contribution in [2.75, 3.05) is 0 Å². The first-order valence-corrected chi connectivity index (χ1v) is 24.6. The molecule has 8 aliphatic carbocycles. The van der Waals surface area contributed by atoms with E-state index in [2.05, 4.69) is 15.1 Å². The average Bonchev–Trinajstić information content (AvgIpc) is 3.85. The second-order valence-corrected chi connectivity index (χ2v) is 21.9. The van der Waals surface area contributed by atoms with Crippen LogP contribution >= 0.6 is 0 Å². The van der Waals surface area contributed by atoms with Gasteiger partial charge in [0.1, 0.15) is 0 Å². The largest absolute Gasteiger partial charge is 0.311 e. The third-order valence-electron chi connectivity index (χ3n) is 20.3. The highest BCUT2D eigenvalue weighted by Crippen LogP contribution is 2.56. The summed E-state index contributed by atoms with van der Waals surface area (Å²) in [4.78, 5) is 6.51. The lowest BCUT2D eigenvalue weighted by molar-refractivity contribution is 0.0318. The van der Waals surface area contributed by atoms with E-state index in [4.69, 9.17) is 0 Å². The van der Waals surface area contributed by atoms with Gasteiger partial charge in [0.05, 0.1) is 0 Å². The third-order valence-corrected chi connectivity index (χ3v) is 20.3. The number of likely N-dealkylation sites (tertiary alicyclic amines) is 2. The number of nitrogens with zero attached hydrogens (tertiary/aromatic N) is 2. The predicted molar refractivity (Wildman–Crippen MR) is 211 cm³/mol. The summed E-state index contributed by atoms with van der Waals surface area (Å²) in [6, 6.07) is 7.56. The SMILES string of the molecule is C1CCC2C(C1)C1CCCCC1N2C1CCC(C2CCC3NC4CCC(C5CCC(N6C7CCCCC7C7CCCCC76)CC5)CC4C3C2)CC1. The molecule has 3 saturated heterocycles. The van der Waals surface area contributed by atoms with E-state index in [-0.39, 0.29) is 0 Å². The van der Waals surface area contributed by atoms with E-state index in [0.717, 1.165) is 108 Å². The Kier molecular flexibility index (Phi) is 9.66. The molecule has 0 aromatic heterocycles. The predicted octanol–water partition coefficient (Wildman–Crippen LogP) is 11.1. The van der Waals surface area contributed by atoms with Crippen molar-refractivity contribution in [2.24, 2.45) is 59.2 Å². The van der Waals surface area contributed by atoms with Gasteiger partial charge in [0.2, 0.25) is 0 Å². The van der Waals surface area contributed by atoms with Crippen molar-refractivity contribution in [3.05, 3.63) is 0 Å². The monoisotopic (exact) mass is 698 g/mol. The fourth-order valence-electron chi connectivity index (χ4n) is 18.3. The minimum atomic E-state index is 0.875. The Balaban J connectivity index is 0.699. The van der Waals surface area contributed by atoms with E-state index in [1.54, 1.807) is 128 Å². The lowest BCUT2D eigenvalue weighted by atomic mass is 9.62. The van der Waals surface area contributed by atoms with Gasteiger partial charge in [-0.3, -0.25) is 9.80 Å². The standard InChI is InChI=1S/C48H79N3/c1-5-13-45-37(9-1)38-10-2-6-14-46(38)50(45)35-23-17-31(18-24-35)33-21-27-43-41(29-33)42-30-34(22-28-44(42)49-43)32-19-25-36(26-20-32)51-47-15-7-3-11-39(47)40-12-4-8-16-48(40)51/h31-49H,1-30H2. The highest BCUT2D eigenvalue weighted by atomic mass is 15.3. The zero-order valence-corrected chi connectivity index (χ0v) is 33.0. The van der Waals surface area contributed by atoms with Crippen LogP contribution in [0.3, 0.4) is 0 Å². The highest BCUT2D eigenvalue weighted by molar-refractivity contribution is 5.09. The van der Waals surface area contributed by atoms with Crippen LogP contribution in [0.15, 0.2) is 0 Å². The first kappa shape index (κ1) is 34.2. The number of rotatable bonds is 4. The minimum Gasteiger partial charge on any atom is -0.311 e. The summed E-state index contributed by atoms with van der Waals surface area (Å²) >= 11 is 0. The maximum absolute atomic E-state index is 4.32. The van der Waals surface area contributed by atoms with Gasteiger partial charge in [0.25, 0.3) is 0 Å². The van der Waals surface area contributed by atoms with Crippen LogP contribution in [0.5, 0.6) is 0 Å². The maximum Gasteiger partial charge on any atom is 0.0133 e. The molecule has 0 radical (unpaired) electrons. The smallest absolute Gasteiger partial charge is 0.0133 e. The van der Waals surface area contributed by atoms with Crippen molar-refractivity contribution in [2.45, 2.75) is 241 Å². The van der Waals surface area contributed by atoms with Crippen molar-refractivity contribution in [1.82, 2.24) is 15.1 Å². The van der Waals surface area contributed by atoms with Crippen molar-refractivity contribution in [3.8, 4) is 0 Å². The van der Waals surface area contributed by atoms with Crippen LogP contribution in [0.2, 0.25) is 0 Å². The molecular weight excluding hydrogens is 619 g/mol. The summed E-state index contributed by atoms with van der Waals surface area (Å²) < 4.78 is 0. The zero-order chi connectivity index (χ0) is 33.5. The number of hydrogen-bond acceptors (Lipinski definition) is 3. The van der Waals surface area contributed by atoms with Crippen molar-refractivity contribution >= 4 is 0 Å². The molecule has 286 valence electrons. The van der Waals surface area contributed by atoms with Gasteiger partial charge in [-0.05, 0) is 200 Å². The Bertz CT molecular complexity index is 1050. The van der Waals surface area contributed by atoms with Crippen LogP contribution in [0.1, 0.15) is 193 Å². The van der Waals surface area contributed by atoms with Gasteiger partial charge < -0.3 is 5.32 Å². The molecule has 14 unspecified atom stereocenters. The fraction of sp³-hybridized carbons (Fsp3) is 1.00. The summed E-state index contributed by atoms with van der Waals surface area (Å²) in [5.41, 5.74) is 0.